The van der Waals surface area contributed by atoms with E-state index in [4.69, 9.17) is 33.7 Å². The molecule has 4 rings (SSSR count). The Kier molecular flexibility index (Phi) is 5.34. The number of rotatable bonds is 5. The molecule has 1 fully saturated rings. The van der Waals surface area contributed by atoms with Gasteiger partial charge in [-0.15, -0.1) is 0 Å². The number of fused-ring (bicyclic) bond motifs is 1. The Hall–Kier alpha value is -2.05. The molecule has 12 heteroatoms. The van der Waals surface area contributed by atoms with Crippen LogP contribution in [0.25, 0.3) is 11.2 Å². The van der Waals surface area contributed by atoms with E-state index in [0.29, 0.717) is 33.6 Å². The predicted molar refractivity (Wildman–Crippen MR) is 105 cm³/mol. The van der Waals surface area contributed by atoms with Crippen molar-refractivity contribution in [1.82, 2.24) is 19.5 Å². The van der Waals surface area contributed by atoms with Crippen molar-refractivity contribution in [3.8, 4) is 0 Å². The first-order valence-electron chi connectivity index (χ1n) is 8.64. The minimum atomic E-state index is -2.12. The van der Waals surface area contributed by atoms with E-state index >= 15 is 0 Å². The lowest BCUT2D eigenvalue weighted by Crippen LogP contribution is -2.56. The van der Waals surface area contributed by atoms with E-state index < -0.39 is 30.8 Å². The molecule has 154 valence electrons. The molecule has 4 atom stereocenters. The number of hydrogen-bond donors (Lipinski definition) is 5. The number of ether oxygens (including phenoxy) is 1. The molecule has 3 heterocycles. The van der Waals surface area contributed by atoms with Crippen molar-refractivity contribution in [2.45, 2.75) is 30.7 Å². The fourth-order valence-corrected chi connectivity index (χ4v) is 3.58. The summed E-state index contributed by atoms with van der Waals surface area (Å²) in [6.07, 6.45) is -1.04. The topological polar surface area (TPSA) is 152 Å². The third-order valence-corrected chi connectivity index (χ3v) is 5.42. The molecule has 0 spiro atoms. The van der Waals surface area contributed by atoms with E-state index in [1.807, 2.05) is 0 Å². The standard InChI is InChI=1S/C17H18Cl2N6O4/c18-9-1-2-10(19)8(3-9)4-21-14-12-15(23-6-22-14)25(7-24-12)16-13(27)17(20,28)11(5-26)29-16/h1-3,6-7,11,13,16,26-28H,4-5,20H2,(H,21,22,23)/t11-,13+,16-,17-/m1/s1. The third-order valence-electron chi connectivity index (χ3n) is 4.82. The van der Waals surface area contributed by atoms with E-state index in [0.717, 1.165) is 5.56 Å². The van der Waals surface area contributed by atoms with Crippen molar-refractivity contribution < 1.29 is 20.1 Å². The summed E-state index contributed by atoms with van der Waals surface area (Å²) in [5.41, 5.74) is 5.12. The van der Waals surface area contributed by atoms with Crippen LogP contribution in [0.2, 0.25) is 10.0 Å². The maximum absolute atomic E-state index is 10.4. The minimum Gasteiger partial charge on any atom is -0.393 e. The second-order valence-electron chi connectivity index (χ2n) is 6.67. The van der Waals surface area contributed by atoms with Gasteiger partial charge in [-0.2, -0.15) is 0 Å². The Morgan fingerprint density at radius 3 is 2.79 bits per heavy atom. The molecule has 0 amide bonds. The van der Waals surface area contributed by atoms with Crippen LogP contribution < -0.4 is 11.1 Å². The average Bonchev–Trinajstić information content (AvgIpc) is 3.22. The molecular formula is C17H18Cl2N6O4. The summed E-state index contributed by atoms with van der Waals surface area (Å²) in [5, 5.41) is 34.2. The zero-order chi connectivity index (χ0) is 20.8. The summed E-state index contributed by atoms with van der Waals surface area (Å²) in [7, 11) is 0. The molecule has 0 unspecified atom stereocenters. The van der Waals surface area contributed by atoms with Crippen molar-refractivity contribution in [2.75, 3.05) is 11.9 Å². The SMILES string of the molecule is N[C@@]1(O)[C@@H](CO)O[C@@H](n2cnc3c(NCc4cc(Cl)ccc4Cl)ncnc32)[C@@H]1O. The first-order valence-corrected chi connectivity index (χ1v) is 9.39. The van der Waals surface area contributed by atoms with Gasteiger partial charge in [-0.3, -0.25) is 10.3 Å². The molecule has 0 saturated carbocycles. The second kappa shape index (κ2) is 7.65. The average molecular weight is 441 g/mol. The zero-order valence-electron chi connectivity index (χ0n) is 14.9. The van der Waals surface area contributed by atoms with E-state index in [2.05, 4.69) is 20.3 Å². The Morgan fingerprint density at radius 2 is 2.07 bits per heavy atom. The molecule has 0 bridgehead atoms. The molecule has 1 aliphatic rings. The Morgan fingerprint density at radius 1 is 1.28 bits per heavy atom. The molecule has 0 radical (unpaired) electrons. The number of benzene rings is 1. The number of hydrogen-bond acceptors (Lipinski definition) is 9. The van der Waals surface area contributed by atoms with E-state index in [1.165, 1.54) is 17.2 Å². The summed E-state index contributed by atoms with van der Waals surface area (Å²) in [5.74, 6) is 0.430. The lowest BCUT2D eigenvalue weighted by Gasteiger charge is -2.24. The highest BCUT2D eigenvalue weighted by molar-refractivity contribution is 6.33. The van der Waals surface area contributed by atoms with Crippen LogP contribution in [0, 0.1) is 0 Å². The van der Waals surface area contributed by atoms with E-state index in [1.54, 1.807) is 18.2 Å². The van der Waals surface area contributed by atoms with Crippen LogP contribution >= 0.6 is 23.2 Å². The van der Waals surface area contributed by atoms with Gasteiger partial charge in [-0.1, -0.05) is 23.2 Å². The van der Waals surface area contributed by atoms with Gasteiger partial charge in [-0.05, 0) is 23.8 Å². The molecule has 2 aromatic heterocycles. The Labute approximate surface area is 174 Å². The number of anilines is 1. The number of nitrogens with one attached hydrogen (secondary N) is 1. The first-order chi connectivity index (χ1) is 13.8. The quantitative estimate of drug-likeness (QED) is 0.359. The molecule has 1 aliphatic heterocycles. The van der Waals surface area contributed by atoms with Crippen LogP contribution in [0.1, 0.15) is 11.8 Å². The normalized spacial score (nSPS) is 26.9. The van der Waals surface area contributed by atoms with Crippen molar-refractivity contribution in [2.24, 2.45) is 5.73 Å². The van der Waals surface area contributed by atoms with Crippen LogP contribution in [0.3, 0.4) is 0 Å². The van der Waals surface area contributed by atoms with Gasteiger partial charge < -0.3 is 25.4 Å². The lowest BCUT2D eigenvalue weighted by atomic mass is 10.0. The van der Waals surface area contributed by atoms with E-state index in [9.17, 15) is 15.3 Å². The van der Waals surface area contributed by atoms with Crippen molar-refractivity contribution in [3.05, 3.63) is 46.5 Å². The van der Waals surface area contributed by atoms with Crippen LogP contribution in [0.4, 0.5) is 5.82 Å². The number of nitrogens with two attached hydrogens (primary N) is 1. The number of imidazole rings is 1. The highest BCUT2D eigenvalue weighted by atomic mass is 35.5. The molecule has 10 nitrogen and oxygen atoms in total. The molecule has 0 aliphatic carbocycles. The lowest BCUT2D eigenvalue weighted by molar-refractivity contribution is -0.0885. The number of aromatic nitrogens is 4. The summed E-state index contributed by atoms with van der Waals surface area (Å²) in [6, 6.07) is 5.15. The number of nitrogens with zero attached hydrogens (tertiary/aromatic N) is 4. The van der Waals surface area contributed by atoms with Gasteiger partial charge in [0.15, 0.2) is 28.9 Å². The summed E-state index contributed by atoms with van der Waals surface area (Å²) in [4.78, 5) is 12.7. The molecule has 1 aromatic carbocycles. The van der Waals surface area contributed by atoms with Gasteiger partial charge in [0.25, 0.3) is 0 Å². The predicted octanol–water partition coefficient (Wildman–Crippen LogP) is 0.643. The maximum atomic E-state index is 10.4. The highest BCUT2D eigenvalue weighted by Gasteiger charge is 2.53. The van der Waals surface area contributed by atoms with Crippen LogP contribution in [0.15, 0.2) is 30.9 Å². The van der Waals surface area contributed by atoms with Crippen LogP contribution in [-0.4, -0.2) is 59.4 Å². The molecule has 1 saturated heterocycles. The summed E-state index contributed by atoms with van der Waals surface area (Å²) >= 11 is 12.2. The third kappa shape index (κ3) is 3.53. The maximum Gasteiger partial charge on any atom is 0.173 e. The fraction of sp³-hybridized carbons (Fsp3) is 0.353. The van der Waals surface area contributed by atoms with Gasteiger partial charge in [0.05, 0.1) is 12.9 Å². The fourth-order valence-electron chi connectivity index (χ4n) is 3.20. The highest BCUT2D eigenvalue weighted by Crippen LogP contribution is 2.35. The molecular weight excluding hydrogens is 423 g/mol. The summed E-state index contributed by atoms with van der Waals surface area (Å²) < 4.78 is 6.95. The van der Waals surface area contributed by atoms with E-state index in [-0.39, 0.29) is 0 Å². The number of aliphatic hydroxyl groups is 3. The Balaban J connectivity index is 1.63. The molecule has 6 N–H and O–H groups in total. The van der Waals surface area contributed by atoms with Crippen LogP contribution in [-0.2, 0) is 11.3 Å². The van der Waals surface area contributed by atoms with Gasteiger partial charge in [0.1, 0.15) is 18.5 Å². The van der Waals surface area contributed by atoms with Crippen molar-refractivity contribution in [1.29, 1.82) is 0 Å². The van der Waals surface area contributed by atoms with Crippen LogP contribution in [0.5, 0.6) is 0 Å². The van der Waals surface area contributed by atoms with Gasteiger partial charge in [-0.25, -0.2) is 15.0 Å². The Bertz CT molecular complexity index is 1050. The number of aliphatic hydroxyl groups excluding tert-OH is 2. The smallest absolute Gasteiger partial charge is 0.173 e. The first kappa shape index (κ1) is 20.2. The summed E-state index contributed by atoms with van der Waals surface area (Å²) in [6.45, 7) is -0.217. The van der Waals surface area contributed by atoms with Gasteiger partial charge in [0, 0.05) is 16.6 Å². The van der Waals surface area contributed by atoms with Gasteiger partial charge >= 0.3 is 0 Å². The van der Waals surface area contributed by atoms with Gasteiger partial charge in [0.2, 0.25) is 0 Å². The largest absolute Gasteiger partial charge is 0.393 e. The molecule has 29 heavy (non-hydrogen) atoms. The minimum absolute atomic E-state index is 0.343. The zero-order valence-corrected chi connectivity index (χ0v) is 16.4. The second-order valence-corrected chi connectivity index (χ2v) is 7.51. The molecule has 3 aromatic rings. The monoisotopic (exact) mass is 440 g/mol. The number of halogens is 2. The van der Waals surface area contributed by atoms with Crippen molar-refractivity contribution >= 4 is 40.2 Å². The van der Waals surface area contributed by atoms with Crippen molar-refractivity contribution in [3.63, 3.8) is 0 Å².